The SMILES string of the molecule is Cc1cc(CS(=O)c2ccc([N+](=O)[O-])cc2)oc1C(=O)O. The Labute approximate surface area is 121 Å². The molecule has 0 aliphatic carbocycles. The number of aromatic carboxylic acids is 1. The molecule has 1 aromatic carbocycles. The van der Waals surface area contributed by atoms with Gasteiger partial charge in [0, 0.05) is 22.6 Å². The smallest absolute Gasteiger partial charge is 0.372 e. The molecule has 2 rings (SSSR count). The Balaban J connectivity index is 2.16. The zero-order valence-corrected chi connectivity index (χ0v) is 11.8. The molecule has 0 amide bonds. The monoisotopic (exact) mass is 309 g/mol. The molecule has 0 radical (unpaired) electrons. The van der Waals surface area contributed by atoms with Crippen LogP contribution in [-0.2, 0) is 16.6 Å². The van der Waals surface area contributed by atoms with Crippen LogP contribution in [0.4, 0.5) is 5.69 Å². The van der Waals surface area contributed by atoms with Crippen molar-refractivity contribution in [3.05, 3.63) is 57.5 Å². The van der Waals surface area contributed by atoms with Crippen molar-refractivity contribution in [2.75, 3.05) is 0 Å². The molecule has 110 valence electrons. The molecule has 21 heavy (non-hydrogen) atoms. The van der Waals surface area contributed by atoms with Gasteiger partial charge in [-0.15, -0.1) is 0 Å². The van der Waals surface area contributed by atoms with E-state index in [9.17, 15) is 19.1 Å². The number of carbonyl (C=O) groups is 1. The number of hydrogen-bond acceptors (Lipinski definition) is 5. The highest BCUT2D eigenvalue weighted by Crippen LogP contribution is 2.20. The summed E-state index contributed by atoms with van der Waals surface area (Å²) in [5, 5.41) is 19.4. The summed E-state index contributed by atoms with van der Waals surface area (Å²) in [6.45, 7) is 1.59. The van der Waals surface area contributed by atoms with Gasteiger partial charge in [0.15, 0.2) is 0 Å². The lowest BCUT2D eigenvalue weighted by Gasteiger charge is -2.00. The topological polar surface area (TPSA) is 111 Å². The molecule has 0 spiro atoms. The number of carboxylic acids is 1. The molecule has 0 saturated heterocycles. The van der Waals surface area contributed by atoms with Crippen LogP contribution in [0.15, 0.2) is 39.6 Å². The quantitative estimate of drug-likeness (QED) is 0.671. The van der Waals surface area contributed by atoms with Gasteiger partial charge in [0.1, 0.15) is 5.76 Å². The minimum atomic E-state index is -1.47. The average molecular weight is 309 g/mol. The molecule has 1 unspecified atom stereocenters. The van der Waals surface area contributed by atoms with Crippen LogP contribution in [0.3, 0.4) is 0 Å². The summed E-state index contributed by atoms with van der Waals surface area (Å²) < 4.78 is 17.2. The van der Waals surface area contributed by atoms with Crippen LogP contribution in [0.5, 0.6) is 0 Å². The molecule has 0 aliphatic rings. The number of aryl methyl sites for hydroxylation is 1. The Bertz CT molecular complexity index is 719. The van der Waals surface area contributed by atoms with Crippen molar-refractivity contribution in [1.82, 2.24) is 0 Å². The fraction of sp³-hybridized carbons (Fsp3) is 0.154. The first kappa shape index (κ1) is 14.9. The fourth-order valence-electron chi connectivity index (χ4n) is 1.76. The second-order valence-electron chi connectivity index (χ2n) is 4.27. The maximum absolute atomic E-state index is 12.1. The number of rotatable bonds is 5. The van der Waals surface area contributed by atoms with Gasteiger partial charge in [0.25, 0.3) is 5.69 Å². The Morgan fingerprint density at radius 3 is 2.48 bits per heavy atom. The summed E-state index contributed by atoms with van der Waals surface area (Å²) in [5.41, 5.74) is 0.371. The largest absolute Gasteiger partial charge is 0.475 e. The first-order valence-electron chi connectivity index (χ1n) is 5.84. The molecule has 0 saturated carbocycles. The van der Waals surface area contributed by atoms with E-state index in [0.717, 1.165) is 0 Å². The number of hydrogen-bond donors (Lipinski definition) is 1. The minimum Gasteiger partial charge on any atom is -0.475 e. The maximum Gasteiger partial charge on any atom is 0.372 e. The lowest BCUT2D eigenvalue weighted by atomic mass is 10.3. The molecule has 1 atom stereocenters. The van der Waals surface area contributed by atoms with Gasteiger partial charge in [-0.1, -0.05) is 0 Å². The van der Waals surface area contributed by atoms with Crippen LogP contribution < -0.4 is 0 Å². The van der Waals surface area contributed by atoms with Crippen molar-refractivity contribution in [2.45, 2.75) is 17.6 Å². The zero-order chi connectivity index (χ0) is 15.6. The standard InChI is InChI=1S/C13H11NO6S/c1-8-6-10(20-12(8)13(15)16)7-21(19)11-4-2-9(3-5-11)14(17)18/h2-6H,7H2,1H3,(H,15,16). The van der Waals surface area contributed by atoms with Crippen LogP contribution in [0.25, 0.3) is 0 Å². The van der Waals surface area contributed by atoms with Crippen molar-refractivity contribution >= 4 is 22.5 Å². The van der Waals surface area contributed by atoms with Gasteiger partial charge >= 0.3 is 5.97 Å². The summed E-state index contributed by atoms with van der Waals surface area (Å²) in [6, 6.07) is 6.86. The van der Waals surface area contributed by atoms with E-state index in [-0.39, 0.29) is 17.2 Å². The molecule has 1 N–H and O–H groups in total. The molecule has 1 aromatic heterocycles. The van der Waals surface area contributed by atoms with E-state index in [2.05, 4.69) is 0 Å². The summed E-state index contributed by atoms with van der Waals surface area (Å²) >= 11 is 0. The molecule has 2 aromatic rings. The number of non-ortho nitro benzene ring substituents is 1. The first-order chi connectivity index (χ1) is 9.88. The van der Waals surface area contributed by atoms with E-state index >= 15 is 0 Å². The first-order valence-corrected chi connectivity index (χ1v) is 7.16. The van der Waals surface area contributed by atoms with Crippen LogP contribution >= 0.6 is 0 Å². The number of benzene rings is 1. The average Bonchev–Trinajstić information content (AvgIpc) is 2.79. The van der Waals surface area contributed by atoms with Gasteiger partial charge in [0.05, 0.1) is 21.5 Å². The van der Waals surface area contributed by atoms with Gasteiger partial charge < -0.3 is 9.52 Å². The fourth-order valence-corrected chi connectivity index (χ4v) is 2.77. The Kier molecular flexibility index (Phi) is 4.18. The Morgan fingerprint density at radius 2 is 2.00 bits per heavy atom. The highest BCUT2D eigenvalue weighted by molar-refractivity contribution is 7.84. The molecular weight excluding hydrogens is 298 g/mol. The third-order valence-corrected chi connectivity index (χ3v) is 4.09. The summed E-state index contributed by atoms with van der Waals surface area (Å²) in [6.07, 6.45) is 0. The van der Waals surface area contributed by atoms with Gasteiger partial charge in [-0.25, -0.2) is 4.79 Å². The Hall–Kier alpha value is -2.48. The van der Waals surface area contributed by atoms with E-state index in [0.29, 0.717) is 16.2 Å². The highest BCUT2D eigenvalue weighted by Gasteiger charge is 2.16. The van der Waals surface area contributed by atoms with E-state index < -0.39 is 21.7 Å². The summed E-state index contributed by atoms with van der Waals surface area (Å²) in [5.74, 6) is -1.06. The van der Waals surface area contributed by atoms with E-state index in [1.165, 1.54) is 30.3 Å². The molecule has 8 heteroatoms. The van der Waals surface area contributed by atoms with Crippen LogP contribution in [0.2, 0.25) is 0 Å². The number of nitrogens with zero attached hydrogens (tertiary/aromatic N) is 1. The van der Waals surface area contributed by atoms with E-state index in [1.807, 2.05) is 0 Å². The van der Waals surface area contributed by atoms with Crippen molar-refractivity contribution < 1.29 is 23.5 Å². The van der Waals surface area contributed by atoms with E-state index in [1.54, 1.807) is 6.92 Å². The lowest BCUT2D eigenvalue weighted by molar-refractivity contribution is -0.384. The molecule has 1 heterocycles. The lowest BCUT2D eigenvalue weighted by Crippen LogP contribution is -1.97. The van der Waals surface area contributed by atoms with Crippen molar-refractivity contribution in [2.24, 2.45) is 0 Å². The third kappa shape index (κ3) is 3.34. The number of nitro groups is 1. The van der Waals surface area contributed by atoms with Crippen molar-refractivity contribution in [1.29, 1.82) is 0 Å². The van der Waals surface area contributed by atoms with Gasteiger partial charge in [-0.3, -0.25) is 14.3 Å². The van der Waals surface area contributed by atoms with Gasteiger partial charge in [-0.2, -0.15) is 0 Å². The molecule has 7 nitrogen and oxygen atoms in total. The van der Waals surface area contributed by atoms with E-state index in [4.69, 9.17) is 9.52 Å². The minimum absolute atomic E-state index is 0.00588. The van der Waals surface area contributed by atoms with Gasteiger partial charge in [-0.05, 0) is 25.1 Å². The second-order valence-corrected chi connectivity index (χ2v) is 5.72. The number of carboxylic acid groups (broad SMARTS) is 1. The molecule has 0 bridgehead atoms. The molecule has 0 aliphatic heterocycles. The molecule has 0 fully saturated rings. The van der Waals surface area contributed by atoms with Crippen LogP contribution in [0, 0.1) is 17.0 Å². The van der Waals surface area contributed by atoms with Crippen molar-refractivity contribution in [3.8, 4) is 0 Å². The highest BCUT2D eigenvalue weighted by atomic mass is 32.2. The van der Waals surface area contributed by atoms with Gasteiger partial charge in [0.2, 0.25) is 5.76 Å². The van der Waals surface area contributed by atoms with Crippen molar-refractivity contribution in [3.63, 3.8) is 0 Å². The predicted molar refractivity (Wildman–Crippen MR) is 73.6 cm³/mol. The van der Waals surface area contributed by atoms with Crippen LogP contribution in [-0.4, -0.2) is 20.2 Å². The Morgan fingerprint density at radius 1 is 1.38 bits per heavy atom. The normalized spacial score (nSPS) is 12.0. The third-order valence-electron chi connectivity index (χ3n) is 2.75. The molecular formula is C13H11NO6S. The second kappa shape index (κ2) is 5.88. The zero-order valence-electron chi connectivity index (χ0n) is 10.9. The number of nitro benzene ring substituents is 1. The maximum atomic E-state index is 12.1. The predicted octanol–water partition coefficient (Wildman–Crippen LogP) is 2.50. The summed E-state index contributed by atoms with van der Waals surface area (Å²) in [7, 11) is -1.47. The number of furan rings is 1. The summed E-state index contributed by atoms with van der Waals surface area (Å²) in [4.78, 5) is 21.3. The van der Waals surface area contributed by atoms with Crippen LogP contribution in [0.1, 0.15) is 21.9 Å².